The third kappa shape index (κ3) is 3.20. The zero-order valence-corrected chi connectivity index (χ0v) is 13.4. The molecule has 2 aromatic rings. The predicted octanol–water partition coefficient (Wildman–Crippen LogP) is 2.73. The molecule has 6 heteroatoms. The second-order valence-corrected chi connectivity index (χ2v) is 7.91. The topological polar surface area (TPSA) is 72.2 Å². The molecule has 0 fully saturated rings. The summed E-state index contributed by atoms with van der Waals surface area (Å²) in [7, 11) is -3.55. The molecule has 1 heterocycles. The second-order valence-electron chi connectivity index (χ2n) is 4.80. The first-order valence-corrected chi connectivity index (χ1v) is 8.51. The van der Waals surface area contributed by atoms with Gasteiger partial charge in [0, 0.05) is 22.0 Å². The van der Waals surface area contributed by atoms with Crippen molar-refractivity contribution in [2.24, 2.45) is 0 Å². The maximum atomic E-state index is 12.4. The van der Waals surface area contributed by atoms with E-state index in [2.05, 4.69) is 4.72 Å². The van der Waals surface area contributed by atoms with Gasteiger partial charge in [0.25, 0.3) is 0 Å². The van der Waals surface area contributed by atoms with Gasteiger partial charge < -0.3 is 5.73 Å². The van der Waals surface area contributed by atoms with Gasteiger partial charge in [-0.1, -0.05) is 0 Å². The highest BCUT2D eigenvalue weighted by Crippen LogP contribution is 2.23. The highest BCUT2D eigenvalue weighted by molar-refractivity contribution is 7.89. The van der Waals surface area contributed by atoms with E-state index in [1.54, 1.807) is 24.3 Å². The standard InChI is InChI=1S/C14H18N2O2S2/c1-9-6-12(15)7-14(11(9)3)20(17,18)16-8-13-5-4-10(2)19-13/h4-7,16H,8,15H2,1-3H3. The molecule has 0 aliphatic heterocycles. The molecule has 0 aliphatic rings. The molecule has 4 nitrogen and oxygen atoms in total. The van der Waals surface area contributed by atoms with E-state index in [0.29, 0.717) is 12.2 Å². The van der Waals surface area contributed by atoms with Crippen molar-refractivity contribution in [1.29, 1.82) is 0 Å². The van der Waals surface area contributed by atoms with Crippen LogP contribution in [0.5, 0.6) is 0 Å². The minimum Gasteiger partial charge on any atom is -0.399 e. The Morgan fingerprint density at radius 1 is 1.20 bits per heavy atom. The van der Waals surface area contributed by atoms with Gasteiger partial charge in [0.1, 0.15) is 0 Å². The van der Waals surface area contributed by atoms with Crippen LogP contribution in [0.25, 0.3) is 0 Å². The molecule has 0 unspecified atom stereocenters. The number of benzene rings is 1. The van der Waals surface area contributed by atoms with E-state index in [1.807, 2.05) is 26.0 Å². The molecular formula is C14H18N2O2S2. The minimum atomic E-state index is -3.55. The van der Waals surface area contributed by atoms with Crippen molar-refractivity contribution in [3.8, 4) is 0 Å². The molecule has 0 radical (unpaired) electrons. The van der Waals surface area contributed by atoms with Gasteiger partial charge in [-0.2, -0.15) is 0 Å². The normalized spacial score (nSPS) is 11.8. The smallest absolute Gasteiger partial charge is 0.241 e. The summed E-state index contributed by atoms with van der Waals surface area (Å²) in [4.78, 5) is 2.41. The lowest BCUT2D eigenvalue weighted by Crippen LogP contribution is -2.24. The van der Waals surface area contributed by atoms with Crippen LogP contribution in [0.2, 0.25) is 0 Å². The van der Waals surface area contributed by atoms with Crippen LogP contribution in [-0.4, -0.2) is 8.42 Å². The zero-order chi connectivity index (χ0) is 14.9. The van der Waals surface area contributed by atoms with Crippen molar-refractivity contribution in [3.63, 3.8) is 0 Å². The number of nitrogens with one attached hydrogen (secondary N) is 1. The van der Waals surface area contributed by atoms with Gasteiger partial charge in [-0.25, -0.2) is 13.1 Å². The Morgan fingerprint density at radius 3 is 2.50 bits per heavy atom. The van der Waals surface area contributed by atoms with Crippen molar-refractivity contribution in [2.45, 2.75) is 32.2 Å². The van der Waals surface area contributed by atoms with E-state index in [0.717, 1.165) is 20.9 Å². The predicted molar refractivity (Wildman–Crippen MR) is 83.4 cm³/mol. The number of sulfonamides is 1. The van der Waals surface area contributed by atoms with Crippen LogP contribution < -0.4 is 10.5 Å². The average Bonchev–Trinajstić information content (AvgIpc) is 2.77. The third-order valence-corrected chi connectivity index (χ3v) is 5.69. The monoisotopic (exact) mass is 310 g/mol. The Balaban J connectivity index is 2.27. The molecule has 1 aromatic carbocycles. The van der Waals surface area contributed by atoms with Crippen LogP contribution in [0.3, 0.4) is 0 Å². The number of rotatable bonds is 4. The van der Waals surface area contributed by atoms with Crippen LogP contribution in [0.15, 0.2) is 29.2 Å². The molecule has 0 bridgehead atoms. The molecule has 1 aromatic heterocycles. The van der Waals surface area contributed by atoms with E-state index in [-0.39, 0.29) is 4.90 Å². The number of nitrogens with two attached hydrogens (primary N) is 1. The maximum Gasteiger partial charge on any atom is 0.241 e. The third-order valence-electron chi connectivity index (χ3n) is 3.16. The van der Waals surface area contributed by atoms with Crippen LogP contribution >= 0.6 is 11.3 Å². The molecule has 20 heavy (non-hydrogen) atoms. The van der Waals surface area contributed by atoms with Crippen LogP contribution in [0, 0.1) is 20.8 Å². The Hall–Kier alpha value is -1.37. The fourth-order valence-electron chi connectivity index (χ4n) is 1.96. The lowest BCUT2D eigenvalue weighted by atomic mass is 10.1. The van der Waals surface area contributed by atoms with Gasteiger partial charge in [0.15, 0.2) is 0 Å². The van der Waals surface area contributed by atoms with E-state index in [9.17, 15) is 8.42 Å². The number of hydrogen-bond donors (Lipinski definition) is 2. The molecule has 108 valence electrons. The van der Waals surface area contributed by atoms with Crippen LogP contribution in [-0.2, 0) is 16.6 Å². The Labute approximate surface area is 123 Å². The molecular weight excluding hydrogens is 292 g/mol. The number of thiophene rings is 1. The molecule has 0 aliphatic carbocycles. The molecule has 0 amide bonds. The Morgan fingerprint density at radius 2 is 1.90 bits per heavy atom. The summed E-state index contributed by atoms with van der Waals surface area (Å²) in [6, 6.07) is 7.19. The van der Waals surface area contributed by atoms with Gasteiger partial charge in [0.05, 0.1) is 4.90 Å². The van der Waals surface area contributed by atoms with Crippen molar-refractivity contribution in [2.75, 3.05) is 5.73 Å². The van der Waals surface area contributed by atoms with Crippen molar-refractivity contribution < 1.29 is 8.42 Å². The number of nitrogen functional groups attached to an aromatic ring is 1. The van der Waals surface area contributed by atoms with E-state index in [4.69, 9.17) is 5.73 Å². The summed E-state index contributed by atoms with van der Waals surface area (Å²) in [6.45, 7) is 5.94. The van der Waals surface area contributed by atoms with Gasteiger partial charge in [-0.05, 0) is 56.2 Å². The highest BCUT2D eigenvalue weighted by Gasteiger charge is 2.18. The zero-order valence-electron chi connectivity index (χ0n) is 11.7. The summed E-state index contributed by atoms with van der Waals surface area (Å²) in [6.07, 6.45) is 0. The van der Waals surface area contributed by atoms with Crippen molar-refractivity contribution in [1.82, 2.24) is 4.72 Å². The van der Waals surface area contributed by atoms with E-state index >= 15 is 0 Å². The minimum absolute atomic E-state index is 0.253. The van der Waals surface area contributed by atoms with Gasteiger partial charge in [-0.15, -0.1) is 11.3 Å². The maximum absolute atomic E-state index is 12.4. The quantitative estimate of drug-likeness (QED) is 0.853. The van der Waals surface area contributed by atoms with E-state index in [1.165, 1.54) is 6.07 Å². The number of hydrogen-bond acceptors (Lipinski definition) is 4. The molecule has 0 saturated heterocycles. The fraction of sp³-hybridized carbons (Fsp3) is 0.286. The lowest BCUT2D eigenvalue weighted by Gasteiger charge is -2.11. The lowest BCUT2D eigenvalue weighted by molar-refractivity contribution is 0.581. The molecule has 0 spiro atoms. The summed E-state index contributed by atoms with van der Waals surface area (Å²) in [5.74, 6) is 0. The Kier molecular flexibility index (Phi) is 4.17. The fourth-order valence-corrected chi connectivity index (χ4v) is 4.23. The average molecular weight is 310 g/mol. The van der Waals surface area contributed by atoms with E-state index < -0.39 is 10.0 Å². The molecule has 3 N–H and O–H groups in total. The highest BCUT2D eigenvalue weighted by atomic mass is 32.2. The van der Waals surface area contributed by atoms with Gasteiger partial charge >= 0.3 is 0 Å². The van der Waals surface area contributed by atoms with Crippen LogP contribution in [0.1, 0.15) is 20.9 Å². The first-order valence-electron chi connectivity index (χ1n) is 6.21. The first-order chi connectivity index (χ1) is 9.29. The molecule has 2 rings (SSSR count). The summed E-state index contributed by atoms with van der Waals surface area (Å²) in [5.41, 5.74) is 7.81. The summed E-state index contributed by atoms with van der Waals surface area (Å²) >= 11 is 1.58. The summed E-state index contributed by atoms with van der Waals surface area (Å²) < 4.78 is 27.4. The largest absolute Gasteiger partial charge is 0.399 e. The Bertz CT molecular complexity index is 734. The van der Waals surface area contributed by atoms with Crippen LogP contribution in [0.4, 0.5) is 5.69 Å². The first kappa shape index (κ1) is 15.0. The van der Waals surface area contributed by atoms with Crippen molar-refractivity contribution >= 4 is 27.0 Å². The molecule has 0 atom stereocenters. The van der Waals surface area contributed by atoms with Gasteiger partial charge in [-0.3, -0.25) is 0 Å². The van der Waals surface area contributed by atoms with Gasteiger partial charge in [0.2, 0.25) is 10.0 Å². The number of aryl methyl sites for hydroxylation is 2. The number of anilines is 1. The molecule has 0 saturated carbocycles. The SMILES string of the molecule is Cc1ccc(CNS(=O)(=O)c2cc(N)cc(C)c2C)s1. The van der Waals surface area contributed by atoms with Crippen molar-refractivity contribution in [3.05, 3.63) is 45.1 Å². The summed E-state index contributed by atoms with van der Waals surface area (Å²) in [5, 5.41) is 0. The second kappa shape index (κ2) is 5.55.